The Kier molecular flexibility index (Phi) is 18.7. The van der Waals surface area contributed by atoms with Gasteiger partial charge in [-0.25, -0.2) is 9.36 Å². The number of phosphoric acid groups is 1. The highest BCUT2D eigenvalue weighted by Crippen LogP contribution is 2.44. The van der Waals surface area contributed by atoms with Crippen LogP contribution in [-0.2, 0) is 23.3 Å². The minimum absolute atomic E-state index is 0.0423. The van der Waals surface area contributed by atoms with Crippen LogP contribution >= 0.6 is 7.82 Å². The molecule has 0 radical (unpaired) electrons. The fourth-order valence-electron chi connectivity index (χ4n) is 5.27. The molecule has 1 aliphatic heterocycles. The van der Waals surface area contributed by atoms with Crippen molar-refractivity contribution >= 4 is 7.82 Å². The molecule has 1 fully saturated rings. The Bertz CT molecular complexity index is 997. The zero-order valence-corrected chi connectivity index (χ0v) is 26.1. The molecule has 2 rings (SSSR count). The summed E-state index contributed by atoms with van der Waals surface area (Å²) in [7, 11) is -4.97. The molecular weight excluding hydrogens is 567 g/mol. The molecule has 4 atom stereocenters. The van der Waals surface area contributed by atoms with Gasteiger partial charge in [0.15, 0.2) is 6.23 Å². The largest absolute Gasteiger partial charge is 0.470 e. The van der Waals surface area contributed by atoms with E-state index in [1.807, 2.05) is 0 Å². The van der Waals surface area contributed by atoms with E-state index >= 15 is 0 Å². The topological polar surface area (TPSA) is 170 Å². The predicted octanol–water partition coefficient (Wildman–Crippen LogP) is 4.57. The number of nitrogens with one attached hydrogen (secondary N) is 1. The number of aromatic amines is 1. The highest BCUT2D eigenvalue weighted by Gasteiger charge is 2.49. The molecule has 0 saturated carbocycles. The molecule has 0 amide bonds. The zero-order valence-electron chi connectivity index (χ0n) is 25.2. The number of phosphoric ester groups is 1. The Labute approximate surface area is 249 Å². The van der Waals surface area contributed by atoms with Gasteiger partial charge >= 0.3 is 13.5 Å². The van der Waals surface area contributed by atoms with Gasteiger partial charge in [-0.15, -0.1) is 0 Å². The predicted molar refractivity (Wildman–Crippen MR) is 159 cm³/mol. The second-order valence-corrected chi connectivity index (χ2v) is 12.3. The van der Waals surface area contributed by atoms with Crippen LogP contribution in [0.2, 0.25) is 0 Å². The van der Waals surface area contributed by atoms with Crippen LogP contribution < -0.4 is 11.2 Å². The van der Waals surface area contributed by atoms with Crippen LogP contribution in [-0.4, -0.2) is 69.2 Å². The van der Waals surface area contributed by atoms with Crippen molar-refractivity contribution < 1.29 is 38.2 Å². The fraction of sp³-hybridized carbons (Fsp3) is 0.862. The number of aliphatic hydroxyl groups excluding tert-OH is 1. The minimum Gasteiger partial charge on any atom is -0.394 e. The molecule has 42 heavy (non-hydrogen) atoms. The molecule has 244 valence electrons. The summed E-state index contributed by atoms with van der Waals surface area (Å²) < 4.78 is 34.5. The van der Waals surface area contributed by atoms with Gasteiger partial charge in [-0.2, -0.15) is 0 Å². The molecule has 1 aromatic rings. The fourth-order valence-corrected chi connectivity index (χ4v) is 5.84. The zero-order chi connectivity index (χ0) is 30.6. The summed E-state index contributed by atoms with van der Waals surface area (Å²) in [5.41, 5.74) is -1.41. The Hall–Kier alpha value is -1.37. The number of hydrogen-bond acceptors (Lipinski definition) is 8. The first-order chi connectivity index (χ1) is 20.3. The van der Waals surface area contributed by atoms with E-state index in [9.17, 15) is 29.0 Å². The van der Waals surface area contributed by atoms with Crippen LogP contribution in [0.25, 0.3) is 0 Å². The van der Waals surface area contributed by atoms with Crippen molar-refractivity contribution in [3.05, 3.63) is 33.1 Å². The molecule has 13 heteroatoms. The molecule has 1 aliphatic rings. The van der Waals surface area contributed by atoms with Gasteiger partial charge in [0, 0.05) is 18.9 Å². The van der Waals surface area contributed by atoms with E-state index < -0.39 is 50.2 Å². The molecule has 0 aliphatic carbocycles. The average molecular weight is 621 g/mol. The first-order valence-electron chi connectivity index (χ1n) is 15.8. The second kappa shape index (κ2) is 21.4. The summed E-state index contributed by atoms with van der Waals surface area (Å²) in [5.74, 6) is 0. The summed E-state index contributed by atoms with van der Waals surface area (Å²) in [6.45, 7) is 2.45. The second-order valence-electron chi connectivity index (χ2n) is 11.1. The maximum atomic E-state index is 12.3. The standard InChI is InChI=1S/C29H53N2O10P/c1-2-3-4-5-6-7-8-9-10-11-12-13-14-15-16-17-20-38-21-22-39-27-26(41-42(35,36)37)24(23-32)40-28(27)31-19-18-25(33)30-29(31)34/h18-19,24,26-28,32H,2-17,20-23H2,1H3,(H,30,33,34)(H2,35,36,37)/t24-,26-,27-,28-/m1/s1. The molecule has 0 spiro atoms. The third-order valence-corrected chi connectivity index (χ3v) is 8.05. The summed E-state index contributed by atoms with van der Waals surface area (Å²) in [5, 5.41) is 9.69. The molecule has 1 saturated heterocycles. The monoisotopic (exact) mass is 620 g/mol. The highest BCUT2D eigenvalue weighted by atomic mass is 31.2. The average Bonchev–Trinajstić information content (AvgIpc) is 3.27. The van der Waals surface area contributed by atoms with Gasteiger partial charge in [-0.05, 0) is 6.42 Å². The third kappa shape index (κ3) is 14.9. The van der Waals surface area contributed by atoms with E-state index in [0.29, 0.717) is 6.61 Å². The number of H-pyrrole nitrogens is 1. The molecule has 4 N–H and O–H groups in total. The minimum atomic E-state index is -4.97. The van der Waals surface area contributed by atoms with Crippen molar-refractivity contribution in [3.8, 4) is 0 Å². The van der Waals surface area contributed by atoms with E-state index in [-0.39, 0.29) is 13.2 Å². The molecule has 0 bridgehead atoms. The normalized spacial score (nSPS) is 20.9. The first-order valence-corrected chi connectivity index (χ1v) is 17.3. The number of hydrogen-bond donors (Lipinski definition) is 4. The van der Waals surface area contributed by atoms with Crippen molar-refractivity contribution in [1.82, 2.24) is 9.55 Å². The highest BCUT2D eigenvalue weighted by molar-refractivity contribution is 7.46. The molecule has 1 aromatic heterocycles. The summed E-state index contributed by atoms with van der Waals surface area (Å²) >= 11 is 0. The number of aliphatic hydroxyl groups is 1. The van der Waals surface area contributed by atoms with Crippen LogP contribution in [0.4, 0.5) is 0 Å². The van der Waals surface area contributed by atoms with E-state index in [4.69, 9.17) is 18.7 Å². The Morgan fingerprint density at radius 1 is 0.833 bits per heavy atom. The van der Waals surface area contributed by atoms with E-state index in [0.717, 1.165) is 23.5 Å². The quantitative estimate of drug-likeness (QED) is 0.0897. The van der Waals surface area contributed by atoms with E-state index in [1.165, 1.54) is 96.1 Å². The van der Waals surface area contributed by atoms with E-state index in [1.54, 1.807) is 0 Å². The van der Waals surface area contributed by atoms with Crippen LogP contribution in [0, 0.1) is 0 Å². The van der Waals surface area contributed by atoms with Gasteiger partial charge in [0.2, 0.25) is 0 Å². The van der Waals surface area contributed by atoms with Crippen LogP contribution in [0.15, 0.2) is 21.9 Å². The molecule has 0 aromatic carbocycles. The Balaban J connectivity index is 1.58. The van der Waals surface area contributed by atoms with Gasteiger partial charge in [-0.1, -0.05) is 103 Å². The van der Waals surface area contributed by atoms with Crippen molar-refractivity contribution in [2.75, 3.05) is 26.4 Å². The smallest absolute Gasteiger partial charge is 0.394 e. The number of nitrogens with zero attached hydrogens (tertiary/aromatic N) is 1. The SMILES string of the molecule is CCCCCCCCCCCCCCCCCCOCCO[C@@H]1[C@H](OP(=O)(O)O)[C@@H](CO)O[C@H]1n1ccc(=O)[nH]c1=O. The molecule has 2 heterocycles. The van der Waals surface area contributed by atoms with E-state index in [2.05, 4.69) is 11.9 Å². The summed E-state index contributed by atoms with van der Waals surface area (Å²) in [6, 6.07) is 1.11. The van der Waals surface area contributed by atoms with Crippen LogP contribution in [0.5, 0.6) is 0 Å². The summed E-state index contributed by atoms with van der Waals surface area (Å²) in [6.07, 6.45) is 17.0. The number of ether oxygens (including phenoxy) is 3. The lowest BCUT2D eigenvalue weighted by Crippen LogP contribution is -2.40. The number of rotatable bonds is 25. The Morgan fingerprint density at radius 3 is 1.88 bits per heavy atom. The van der Waals surface area contributed by atoms with Gasteiger partial charge < -0.3 is 29.1 Å². The lowest BCUT2D eigenvalue weighted by atomic mass is 10.0. The van der Waals surface area contributed by atoms with Crippen LogP contribution in [0.1, 0.15) is 116 Å². The lowest BCUT2D eigenvalue weighted by molar-refractivity contribution is -0.0841. The Morgan fingerprint density at radius 2 is 1.38 bits per heavy atom. The molecule has 0 unspecified atom stereocenters. The molecular formula is C29H53N2O10P. The maximum absolute atomic E-state index is 12.3. The summed E-state index contributed by atoms with van der Waals surface area (Å²) in [4.78, 5) is 44.6. The van der Waals surface area contributed by atoms with Gasteiger partial charge in [-0.3, -0.25) is 18.9 Å². The first kappa shape index (κ1) is 36.8. The van der Waals surface area contributed by atoms with Crippen molar-refractivity contribution in [2.45, 2.75) is 134 Å². The van der Waals surface area contributed by atoms with Crippen molar-refractivity contribution in [3.63, 3.8) is 0 Å². The van der Waals surface area contributed by atoms with Crippen molar-refractivity contribution in [2.24, 2.45) is 0 Å². The van der Waals surface area contributed by atoms with Crippen LogP contribution in [0.3, 0.4) is 0 Å². The van der Waals surface area contributed by atoms with Gasteiger partial charge in [0.1, 0.15) is 18.3 Å². The van der Waals surface area contributed by atoms with Crippen molar-refractivity contribution in [1.29, 1.82) is 0 Å². The molecule has 12 nitrogen and oxygen atoms in total. The third-order valence-electron chi connectivity index (χ3n) is 7.53. The number of unbranched alkanes of at least 4 members (excludes halogenated alkanes) is 15. The van der Waals surface area contributed by atoms with Gasteiger partial charge in [0.05, 0.1) is 19.8 Å². The maximum Gasteiger partial charge on any atom is 0.470 e. The lowest BCUT2D eigenvalue weighted by Gasteiger charge is -2.25. The number of aromatic nitrogens is 2. The van der Waals surface area contributed by atoms with Gasteiger partial charge in [0.25, 0.3) is 5.56 Å².